The minimum Gasteiger partial charge on any atom is -0.350 e. The number of halogens is 2. The van der Waals surface area contributed by atoms with E-state index in [0.717, 1.165) is 19.4 Å². The Balaban J connectivity index is 0.00000144. The standard InChI is InChI=1S/C12H15FN2O.ClH/c13-10-5-3-9(4-6-10)12(16)15-8-11-2-1-7-14-11;/h3-6,11,14H,1-2,7-8H2,(H,15,16);1H. The molecule has 1 heterocycles. The lowest BCUT2D eigenvalue weighted by molar-refractivity contribution is 0.0950. The molecule has 0 aromatic heterocycles. The van der Waals surface area contributed by atoms with Gasteiger partial charge >= 0.3 is 0 Å². The number of hydrogen-bond donors (Lipinski definition) is 2. The number of hydrogen-bond acceptors (Lipinski definition) is 2. The van der Waals surface area contributed by atoms with Gasteiger partial charge in [0, 0.05) is 18.2 Å². The maximum atomic E-state index is 12.6. The third kappa shape index (κ3) is 3.98. The van der Waals surface area contributed by atoms with Gasteiger partial charge in [-0.2, -0.15) is 0 Å². The Kier molecular flexibility index (Phi) is 5.38. The van der Waals surface area contributed by atoms with E-state index < -0.39 is 0 Å². The second kappa shape index (κ2) is 6.57. The fraction of sp³-hybridized carbons (Fsp3) is 0.417. The van der Waals surface area contributed by atoms with Crippen molar-refractivity contribution < 1.29 is 9.18 Å². The highest BCUT2D eigenvalue weighted by Crippen LogP contribution is 2.05. The average molecular weight is 259 g/mol. The van der Waals surface area contributed by atoms with Gasteiger partial charge < -0.3 is 10.6 Å². The second-order valence-corrected chi connectivity index (χ2v) is 4.01. The molecule has 1 saturated heterocycles. The van der Waals surface area contributed by atoms with Crippen LogP contribution < -0.4 is 10.6 Å². The summed E-state index contributed by atoms with van der Waals surface area (Å²) in [5.74, 6) is -0.470. The molecule has 0 aliphatic carbocycles. The first-order valence-corrected chi connectivity index (χ1v) is 5.53. The molecule has 0 saturated carbocycles. The van der Waals surface area contributed by atoms with Crippen LogP contribution in [-0.4, -0.2) is 25.0 Å². The summed E-state index contributed by atoms with van der Waals surface area (Å²) in [6.45, 7) is 1.66. The number of benzene rings is 1. The first kappa shape index (κ1) is 13.9. The van der Waals surface area contributed by atoms with Crippen molar-refractivity contribution in [1.29, 1.82) is 0 Å². The van der Waals surface area contributed by atoms with Crippen LogP contribution in [0.4, 0.5) is 4.39 Å². The largest absolute Gasteiger partial charge is 0.350 e. The Morgan fingerprint density at radius 1 is 1.41 bits per heavy atom. The van der Waals surface area contributed by atoms with Gasteiger partial charge in [-0.15, -0.1) is 12.4 Å². The number of carbonyl (C=O) groups excluding carboxylic acids is 1. The van der Waals surface area contributed by atoms with Crippen LogP contribution in [0.15, 0.2) is 24.3 Å². The zero-order valence-electron chi connectivity index (χ0n) is 9.41. The van der Waals surface area contributed by atoms with E-state index in [1.54, 1.807) is 0 Å². The minimum atomic E-state index is -0.325. The number of rotatable bonds is 3. The van der Waals surface area contributed by atoms with E-state index >= 15 is 0 Å². The summed E-state index contributed by atoms with van der Waals surface area (Å²) in [5, 5.41) is 6.13. The third-order valence-electron chi connectivity index (χ3n) is 2.78. The summed E-state index contributed by atoms with van der Waals surface area (Å²) in [6, 6.07) is 5.95. The highest BCUT2D eigenvalue weighted by Gasteiger charge is 2.15. The maximum absolute atomic E-state index is 12.6. The lowest BCUT2D eigenvalue weighted by atomic mass is 10.2. The molecule has 0 spiro atoms. The summed E-state index contributed by atoms with van der Waals surface area (Å²) in [7, 11) is 0. The van der Waals surface area contributed by atoms with Crippen LogP contribution in [0, 0.1) is 5.82 Å². The van der Waals surface area contributed by atoms with Crippen molar-refractivity contribution in [3.8, 4) is 0 Å². The summed E-state index contributed by atoms with van der Waals surface area (Å²) in [5.41, 5.74) is 0.499. The molecule has 0 radical (unpaired) electrons. The Morgan fingerprint density at radius 2 is 2.12 bits per heavy atom. The molecular formula is C12H16ClFN2O. The zero-order valence-corrected chi connectivity index (χ0v) is 10.2. The van der Waals surface area contributed by atoms with Gasteiger partial charge in [0.05, 0.1) is 0 Å². The van der Waals surface area contributed by atoms with Crippen LogP contribution in [0.5, 0.6) is 0 Å². The normalized spacial score (nSPS) is 18.5. The van der Waals surface area contributed by atoms with Gasteiger partial charge in [-0.25, -0.2) is 4.39 Å². The Morgan fingerprint density at radius 3 is 2.71 bits per heavy atom. The molecule has 1 atom stereocenters. The molecule has 1 amide bonds. The molecule has 0 bridgehead atoms. The summed E-state index contributed by atoms with van der Waals surface area (Å²) in [6.07, 6.45) is 2.26. The van der Waals surface area contributed by atoms with Crippen LogP contribution in [0.1, 0.15) is 23.2 Å². The molecule has 1 unspecified atom stereocenters. The van der Waals surface area contributed by atoms with Crippen LogP contribution in [0.3, 0.4) is 0 Å². The SMILES string of the molecule is Cl.O=C(NCC1CCCN1)c1ccc(F)cc1. The number of amides is 1. The molecule has 2 rings (SSSR count). The molecule has 5 heteroatoms. The van der Waals surface area contributed by atoms with Crippen molar-refractivity contribution in [2.24, 2.45) is 0 Å². The van der Waals surface area contributed by atoms with E-state index in [9.17, 15) is 9.18 Å². The first-order valence-electron chi connectivity index (χ1n) is 5.53. The van der Waals surface area contributed by atoms with Crippen LogP contribution >= 0.6 is 12.4 Å². The van der Waals surface area contributed by atoms with Crippen molar-refractivity contribution in [3.05, 3.63) is 35.6 Å². The van der Waals surface area contributed by atoms with Gasteiger partial charge in [-0.3, -0.25) is 4.79 Å². The molecule has 3 nitrogen and oxygen atoms in total. The van der Waals surface area contributed by atoms with E-state index in [1.165, 1.54) is 24.3 Å². The summed E-state index contributed by atoms with van der Waals surface area (Å²) < 4.78 is 12.6. The monoisotopic (exact) mass is 258 g/mol. The lowest BCUT2D eigenvalue weighted by Crippen LogP contribution is -2.37. The molecule has 1 aliphatic rings. The predicted octanol–water partition coefficient (Wildman–Crippen LogP) is 1.73. The van der Waals surface area contributed by atoms with E-state index in [-0.39, 0.29) is 24.1 Å². The average Bonchev–Trinajstić information content (AvgIpc) is 2.80. The number of carbonyl (C=O) groups is 1. The smallest absolute Gasteiger partial charge is 0.251 e. The van der Waals surface area contributed by atoms with Crippen molar-refractivity contribution >= 4 is 18.3 Å². The number of nitrogens with one attached hydrogen (secondary N) is 2. The van der Waals surface area contributed by atoms with Gasteiger partial charge in [0.25, 0.3) is 5.91 Å². The second-order valence-electron chi connectivity index (χ2n) is 4.01. The third-order valence-corrected chi connectivity index (χ3v) is 2.78. The van der Waals surface area contributed by atoms with Gasteiger partial charge in [0.2, 0.25) is 0 Å². The van der Waals surface area contributed by atoms with Gasteiger partial charge in [-0.1, -0.05) is 0 Å². The van der Waals surface area contributed by atoms with E-state index in [0.29, 0.717) is 18.2 Å². The van der Waals surface area contributed by atoms with Crippen LogP contribution in [0.25, 0.3) is 0 Å². The molecule has 94 valence electrons. The van der Waals surface area contributed by atoms with E-state index in [4.69, 9.17) is 0 Å². The Hall–Kier alpha value is -1.13. The summed E-state index contributed by atoms with van der Waals surface area (Å²) in [4.78, 5) is 11.7. The van der Waals surface area contributed by atoms with E-state index in [2.05, 4.69) is 10.6 Å². The Bertz CT molecular complexity index is 363. The van der Waals surface area contributed by atoms with Crippen molar-refractivity contribution in [1.82, 2.24) is 10.6 Å². The molecule has 1 aromatic rings. The van der Waals surface area contributed by atoms with E-state index in [1.807, 2.05) is 0 Å². The topological polar surface area (TPSA) is 41.1 Å². The van der Waals surface area contributed by atoms with Crippen molar-refractivity contribution in [3.63, 3.8) is 0 Å². The van der Waals surface area contributed by atoms with Crippen LogP contribution in [0.2, 0.25) is 0 Å². The molecule has 1 aromatic carbocycles. The molecule has 2 N–H and O–H groups in total. The summed E-state index contributed by atoms with van der Waals surface area (Å²) >= 11 is 0. The Labute approximate surface area is 106 Å². The van der Waals surface area contributed by atoms with Gasteiger partial charge in [0.1, 0.15) is 5.82 Å². The fourth-order valence-electron chi connectivity index (χ4n) is 1.85. The highest BCUT2D eigenvalue weighted by molar-refractivity contribution is 5.94. The zero-order chi connectivity index (χ0) is 11.4. The quantitative estimate of drug-likeness (QED) is 0.867. The fourth-order valence-corrected chi connectivity index (χ4v) is 1.85. The molecular weight excluding hydrogens is 243 g/mol. The molecule has 17 heavy (non-hydrogen) atoms. The first-order chi connectivity index (χ1) is 7.75. The minimum absolute atomic E-state index is 0. The predicted molar refractivity (Wildman–Crippen MR) is 67.0 cm³/mol. The lowest BCUT2D eigenvalue weighted by Gasteiger charge is -2.11. The molecule has 1 fully saturated rings. The highest BCUT2D eigenvalue weighted by atomic mass is 35.5. The molecule has 1 aliphatic heterocycles. The van der Waals surface area contributed by atoms with Crippen LogP contribution in [-0.2, 0) is 0 Å². The van der Waals surface area contributed by atoms with Gasteiger partial charge in [0.15, 0.2) is 0 Å². The van der Waals surface area contributed by atoms with Crippen molar-refractivity contribution in [2.45, 2.75) is 18.9 Å². The van der Waals surface area contributed by atoms with Gasteiger partial charge in [-0.05, 0) is 43.7 Å². The van der Waals surface area contributed by atoms with Crippen molar-refractivity contribution in [2.75, 3.05) is 13.1 Å². The maximum Gasteiger partial charge on any atom is 0.251 e.